The van der Waals surface area contributed by atoms with Gasteiger partial charge in [0.1, 0.15) is 0 Å². The molecule has 2 aromatic heterocycles. The maximum absolute atomic E-state index is 12.6. The molecule has 3 unspecified atom stereocenters. The second-order valence-electron chi connectivity index (χ2n) is 9.65. The number of aryl methyl sites for hydroxylation is 2. The second-order valence-corrected chi connectivity index (χ2v) is 9.65. The molecule has 2 aliphatic rings. The van der Waals surface area contributed by atoms with Crippen molar-refractivity contribution in [3.63, 3.8) is 0 Å². The first-order chi connectivity index (χ1) is 13.6. The number of aromatic nitrogens is 4. The van der Waals surface area contributed by atoms with E-state index in [0.29, 0.717) is 36.5 Å². The van der Waals surface area contributed by atoms with E-state index in [1.165, 1.54) is 24.5 Å². The largest absolute Gasteiger partial charge is 0.353 e. The summed E-state index contributed by atoms with van der Waals surface area (Å²) in [6, 6.07) is 0.250. The van der Waals surface area contributed by atoms with E-state index in [0.717, 1.165) is 11.0 Å². The van der Waals surface area contributed by atoms with Crippen molar-refractivity contribution in [3.8, 4) is 0 Å². The molecule has 8 heteroatoms. The Balaban J connectivity index is 1.41. The number of nitrogens with zero attached hydrogens (tertiary/aromatic N) is 4. The van der Waals surface area contributed by atoms with Crippen LogP contribution in [0.25, 0.3) is 11.2 Å². The minimum atomic E-state index is -0.394. The summed E-state index contributed by atoms with van der Waals surface area (Å²) in [6.07, 6.45) is 6.11. The SMILES string of the molecule is Cn1c(=O)c2c(ncn2CCCC(=O)NC2CC3CCC2(C)C3(C)C)n(C)c1=O. The minimum Gasteiger partial charge on any atom is -0.353 e. The van der Waals surface area contributed by atoms with Gasteiger partial charge in [0, 0.05) is 33.1 Å². The lowest BCUT2D eigenvalue weighted by atomic mass is 9.69. The van der Waals surface area contributed by atoms with Crippen LogP contribution in [0.4, 0.5) is 0 Å². The molecule has 2 saturated carbocycles. The van der Waals surface area contributed by atoms with Gasteiger partial charge in [-0.2, -0.15) is 0 Å². The average molecular weight is 402 g/mol. The van der Waals surface area contributed by atoms with Crippen LogP contribution >= 0.6 is 0 Å². The molecule has 3 atom stereocenters. The third kappa shape index (κ3) is 2.79. The zero-order valence-corrected chi connectivity index (χ0v) is 18.0. The zero-order chi connectivity index (χ0) is 21.1. The van der Waals surface area contributed by atoms with Gasteiger partial charge in [-0.05, 0) is 42.4 Å². The predicted octanol–water partition coefficient (Wildman–Crippen LogP) is 1.54. The molecule has 29 heavy (non-hydrogen) atoms. The Kier molecular flexibility index (Phi) is 4.51. The molecule has 2 bridgehead atoms. The molecular formula is C21H31N5O3. The van der Waals surface area contributed by atoms with Gasteiger partial charge in [-0.1, -0.05) is 20.8 Å². The van der Waals surface area contributed by atoms with Gasteiger partial charge in [0.25, 0.3) is 5.56 Å². The molecule has 0 saturated heterocycles. The molecule has 158 valence electrons. The number of imidazole rings is 1. The van der Waals surface area contributed by atoms with Crippen molar-refractivity contribution in [1.82, 2.24) is 24.0 Å². The summed E-state index contributed by atoms with van der Waals surface area (Å²) >= 11 is 0. The van der Waals surface area contributed by atoms with Crippen LogP contribution < -0.4 is 16.6 Å². The monoisotopic (exact) mass is 401 g/mol. The maximum atomic E-state index is 12.6. The van der Waals surface area contributed by atoms with Gasteiger partial charge in [-0.15, -0.1) is 0 Å². The number of hydrogen-bond donors (Lipinski definition) is 1. The second kappa shape index (κ2) is 6.57. The fourth-order valence-corrected chi connectivity index (χ4v) is 5.66. The van der Waals surface area contributed by atoms with E-state index in [1.807, 2.05) is 0 Å². The highest BCUT2D eigenvalue weighted by Gasteiger charge is 2.61. The summed E-state index contributed by atoms with van der Waals surface area (Å²) in [5.41, 5.74) is 0.468. The topological polar surface area (TPSA) is 90.9 Å². The summed E-state index contributed by atoms with van der Waals surface area (Å²) in [6.45, 7) is 7.51. The molecule has 0 spiro atoms. The van der Waals surface area contributed by atoms with E-state index in [9.17, 15) is 14.4 Å². The molecule has 2 fully saturated rings. The van der Waals surface area contributed by atoms with Gasteiger partial charge in [0.05, 0.1) is 6.33 Å². The number of nitrogens with one attached hydrogen (secondary N) is 1. The Labute approximate surface area is 169 Å². The summed E-state index contributed by atoms with van der Waals surface area (Å²) in [7, 11) is 3.07. The van der Waals surface area contributed by atoms with Crippen molar-refractivity contribution in [1.29, 1.82) is 0 Å². The van der Waals surface area contributed by atoms with Crippen LogP contribution in [0, 0.1) is 16.7 Å². The fraction of sp³-hybridized carbons (Fsp3) is 0.714. The number of amides is 1. The van der Waals surface area contributed by atoms with Crippen LogP contribution in [0.15, 0.2) is 15.9 Å². The van der Waals surface area contributed by atoms with Crippen molar-refractivity contribution >= 4 is 17.1 Å². The van der Waals surface area contributed by atoms with Crippen molar-refractivity contribution in [2.45, 2.75) is 65.5 Å². The highest BCUT2D eigenvalue weighted by atomic mass is 16.2. The molecule has 8 nitrogen and oxygen atoms in total. The van der Waals surface area contributed by atoms with Gasteiger partial charge in [-0.3, -0.25) is 18.7 Å². The number of carbonyl (C=O) groups is 1. The number of rotatable bonds is 5. The summed E-state index contributed by atoms with van der Waals surface area (Å²) in [5, 5.41) is 3.29. The third-order valence-electron chi connectivity index (χ3n) is 8.15. The van der Waals surface area contributed by atoms with Crippen LogP contribution in [0.5, 0.6) is 0 Å². The van der Waals surface area contributed by atoms with Crippen LogP contribution in [0.1, 0.15) is 52.9 Å². The smallest absolute Gasteiger partial charge is 0.332 e. The van der Waals surface area contributed by atoms with E-state index in [4.69, 9.17) is 0 Å². The average Bonchev–Trinajstić information content (AvgIpc) is 3.24. The molecule has 0 radical (unpaired) electrons. The molecule has 4 rings (SSSR count). The van der Waals surface area contributed by atoms with E-state index in [1.54, 1.807) is 17.9 Å². The molecule has 2 heterocycles. The fourth-order valence-electron chi connectivity index (χ4n) is 5.66. The van der Waals surface area contributed by atoms with Gasteiger partial charge < -0.3 is 9.88 Å². The Morgan fingerprint density at radius 2 is 1.97 bits per heavy atom. The van der Waals surface area contributed by atoms with E-state index in [2.05, 4.69) is 31.1 Å². The van der Waals surface area contributed by atoms with Gasteiger partial charge in [0.2, 0.25) is 5.91 Å². The summed E-state index contributed by atoms with van der Waals surface area (Å²) < 4.78 is 4.20. The lowest BCUT2D eigenvalue weighted by molar-refractivity contribution is -0.123. The van der Waals surface area contributed by atoms with Gasteiger partial charge in [0.15, 0.2) is 11.2 Å². The first-order valence-corrected chi connectivity index (χ1v) is 10.5. The maximum Gasteiger partial charge on any atom is 0.332 e. The van der Waals surface area contributed by atoms with Crippen molar-refractivity contribution in [2.24, 2.45) is 30.8 Å². The van der Waals surface area contributed by atoms with Crippen LogP contribution in [0.3, 0.4) is 0 Å². The molecule has 1 N–H and O–H groups in total. The Bertz CT molecular complexity index is 1090. The molecule has 0 aromatic carbocycles. The van der Waals surface area contributed by atoms with E-state index < -0.39 is 5.69 Å². The lowest BCUT2D eigenvalue weighted by Gasteiger charge is -2.39. The van der Waals surface area contributed by atoms with Gasteiger partial charge >= 0.3 is 5.69 Å². The third-order valence-corrected chi connectivity index (χ3v) is 8.15. The Morgan fingerprint density at radius 3 is 2.59 bits per heavy atom. The van der Waals surface area contributed by atoms with Crippen molar-refractivity contribution in [3.05, 3.63) is 27.2 Å². The minimum absolute atomic E-state index is 0.0734. The molecular weight excluding hydrogens is 370 g/mol. The van der Waals surface area contributed by atoms with Gasteiger partial charge in [-0.25, -0.2) is 9.78 Å². The summed E-state index contributed by atoms with van der Waals surface area (Å²) in [4.78, 5) is 41.3. The first kappa shape index (κ1) is 19.9. The van der Waals surface area contributed by atoms with Crippen LogP contribution in [0.2, 0.25) is 0 Å². The number of hydrogen-bond acceptors (Lipinski definition) is 4. The zero-order valence-electron chi connectivity index (χ0n) is 18.0. The lowest BCUT2D eigenvalue weighted by Crippen LogP contribution is -2.46. The molecule has 2 aliphatic carbocycles. The van der Waals surface area contributed by atoms with E-state index in [-0.39, 0.29) is 28.3 Å². The quantitative estimate of drug-likeness (QED) is 0.823. The molecule has 1 amide bonds. The molecule has 0 aliphatic heterocycles. The van der Waals surface area contributed by atoms with E-state index >= 15 is 0 Å². The number of carbonyl (C=O) groups excluding carboxylic acids is 1. The molecule has 2 aromatic rings. The van der Waals surface area contributed by atoms with Crippen LogP contribution in [-0.4, -0.2) is 30.6 Å². The summed E-state index contributed by atoms with van der Waals surface area (Å²) in [5.74, 6) is 0.766. The normalized spacial score (nSPS) is 27.6. The Morgan fingerprint density at radius 1 is 1.24 bits per heavy atom. The Hall–Kier alpha value is -2.38. The van der Waals surface area contributed by atoms with Crippen LogP contribution in [-0.2, 0) is 25.4 Å². The number of fused-ring (bicyclic) bond motifs is 3. The highest BCUT2D eigenvalue weighted by Crippen LogP contribution is 2.65. The highest BCUT2D eigenvalue weighted by molar-refractivity contribution is 5.76. The standard InChI is InChI=1S/C21H31N5O3/c1-20(2)13-8-9-21(20,3)14(11-13)23-15(27)7-6-10-26-12-22-17-16(26)18(28)25(5)19(29)24(17)4/h12-14H,6-11H2,1-5H3,(H,23,27). The van der Waals surface area contributed by atoms with Crippen molar-refractivity contribution < 1.29 is 4.79 Å². The predicted molar refractivity (Wildman–Crippen MR) is 111 cm³/mol. The first-order valence-electron chi connectivity index (χ1n) is 10.5. The van der Waals surface area contributed by atoms with Crippen molar-refractivity contribution in [2.75, 3.05) is 0 Å².